The summed E-state index contributed by atoms with van der Waals surface area (Å²) >= 11 is 0.923. The van der Waals surface area contributed by atoms with Gasteiger partial charge in [0.25, 0.3) is 0 Å². The average molecular weight is 324 g/mol. The molecule has 3 rings (SSSR count). The minimum absolute atomic E-state index is 0.115. The van der Waals surface area contributed by atoms with Gasteiger partial charge in [0, 0.05) is 10.8 Å². The molecule has 8 heteroatoms. The summed E-state index contributed by atoms with van der Waals surface area (Å²) in [6, 6.07) is 6.00. The van der Waals surface area contributed by atoms with Crippen LogP contribution in [0.4, 0.5) is 8.78 Å². The molecule has 0 unspecified atom stereocenters. The van der Waals surface area contributed by atoms with E-state index in [1.165, 1.54) is 12.1 Å². The minimum Gasteiger partial charge on any atom is -0.510 e. The number of hydrogen-bond donors (Lipinski definition) is 2. The van der Waals surface area contributed by atoms with E-state index in [0.717, 1.165) is 11.3 Å². The summed E-state index contributed by atoms with van der Waals surface area (Å²) < 4.78 is 39.0. The van der Waals surface area contributed by atoms with E-state index >= 15 is 0 Å². The Morgan fingerprint density at radius 3 is 2.09 bits per heavy atom. The molecule has 1 heterocycles. The van der Waals surface area contributed by atoms with Crippen LogP contribution in [0, 0.1) is 11.6 Å². The van der Waals surface area contributed by atoms with E-state index in [0.29, 0.717) is 17.4 Å². The Balaban J connectivity index is 2.24. The van der Waals surface area contributed by atoms with Gasteiger partial charge in [0.1, 0.15) is 5.75 Å². The van der Waals surface area contributed by atoms with Gasteiger partial charge in [0.2, 0.25) is 0 Å². The molecule has 1 aromatic heterocycles. The molecule has 0 aliphatic carbocycles. The smallest absolute Gasteiger partial charge is 0.510 e. The van der Waals surface area contributed by atoms with Gasteiger partial charge in [-0.15, -0.1) is 11.3 Å². The van der Waals surface area contributed by atoms with Crippen LogP contribution in [0.1, 0.15) is 6.92 Å². The molecule has 0 aliphatic heterocycles. The Morgan fingerprint density at radius 1 is 1.00 bits per heavy atom. The van der Waals surface area contributed by atoms with Crippen molar-refractivity contribution >= 4 is 38.8 Å². The zero-order valence-electron chi connectivity index (χ0n) is 11.5. The van der Waals surface area contributed by atoms with E-state index in [-0.39, 0.29) is 20.9 Å². The fourth-order valence-electron chi connectivity index (χ4n) is 2.27. The maximum atomic E-state index is 14.4. The molecule has 0 fully saturated rings. The fraction of sp³-hybridized carbons (Fsp3) is 0.143. The highest BCUT2D eigenvalue weighted by atomic mass is 32.1. The zero-order valence-corrected chi connectivity index (χ0v) is 12.3. The largest absolute Gasteiger partial charge is 0.707 e. The molecule has 0 aliphatic rings. The molecule has 0 saturated heterocycles. The summed E-state index contributed by atoms with van der Waals surface area (Å²) in [6.45, 7) is 2.08. The first-order valence-electron chi connectivity index (χ1n) is 6.51. The maximum absolute atomic E-state index is 14.4. The molecule has 0 atom stereocenters. The Bertz CT molecular complexity index is 850. The second-order valence-corrected chi connectivity index (χ2v) is 5.51. The molecular formula is C14H11BF2O4S. The van der Waals surface area contributed by atoms with Crippen LogP contribution in [0.3, 0.4) is 0 Å². The van der Waals surface area contributed by atoms with E-state index in [1.807, 2.05) is 0 Å². The van der Waals surface area contributed by atoms with Crippen molar-refractivity contribution in [1.82, 2.24) is 0 Å². The summed E-state index contributed by atoms with van der Waals surface area (Å²) in [5.74, 6) is -1.49. The van der Waals surface area contributed by atoms with Crippen LogP contribution in [0.5, 0.6) is 11.5 Å². The Labute approximate surface area is 128 Å². The summed E-state index contributed by atoms with van der Waals surface area (Å²) in [6.07, 6.45) is 0. The lowest BCUT2D eigenvalue weighted by molar-refractivity contribution is 0.282. The number of rotatable bonds is 4. The summed E-state index contributed by atoms with van der Waals surface area (Å²) in [7, 11) is -2.12. The molecule has 22 heavy (non-hydrogen) atoms. The molecule has 0 amide bonds. The van der Waals surface area contributed by atoms with Crippen LogP contribution >= 0.6 is 11.3 Å². The topological polar surface area (TPSA) is 58.9 Å². The summed E-state index contributed by atoms with van der Waals surface area (Å²) in [4.78, 5) is 0. The fourth-order valence-corrected chi connectivity index (χ4v) is 3.43. The maximum Gasteiger partial charge on any atom is 0.707 e. The Hall–Kier alpha value is -1.90. The molecule has 2 N–H and O–H groups in total. The second-order valence-electron chi connectivity index (χ2n) is 4.49. The lowest BCUT2D eigenvalue weighted by atomic mass is 10.1. The van der Waals surface area contributed by atoms with Gasteiger partial charge in [-0.05, 0) is 31.2 Å². The van der Waals surface area contributed by atoms with Gasteiger partial charge in [-0.25, -0.2) is 8.78 Å². The van der Waals surface area contributed by atoms with Crippen LogP contribution in [0.25, 0.3) is 20.2 Å². The van der Waals surface area contributed by atoms with Crippen molar-refractivity contribution in [3.05, 3.63) is 35.9 Å². The van der Waals surface area contributed by atoms with Crippen LogP contribution in [-0.2, 0) is 0 Å². The van der Waals surface area contributed by atoms with Crippen LogP contribution in [0.2, 0.25) is 0 Å². The monoisotopic (exact) mass is 324 g/mol. The second kappa shape index (κ2) is 5.71. The highest BCUT2D eigenvalue weighted by Crippen LogP contribution is 2.41. The minimum atomic E-state index is -2.12. The van der Waals surface area contributed by atoms with E-state index in [4.69, 9.17) is 14.8 Å². The lowest BCUT2D eigenvalue weighted by Crippen LogP contribution is -2.21. The summed E-state index contributed by atoms with van der Waals surface area (Å²) in [5, 5.41) is 18.6. The average Bonchev–Trinajstić information content (AvgIpc) is 2.85. The van der Waals surface area contributed by atoms with Crippen LogP contribution < -0.4 is 9.39 Å². The molecule has 0 bridgehead atoms. The first kappa shape index (κ1) is 15.0. The number of ether oxygens (including phenoxy) is 1. The van der Waals surface area contributed by atoms with Crippen molar-refractivity contribution in [3.8, 4) is 11.5 Å². The molecular weight excluding hydrogens is 313 g/mol. The lowest BCUT2D eigenvalue weighted by Gasteiger charge is -2.06. The molecule has 0 spiro atoms. The molecule has 3 aromatic rings. The Morgan fingerprint density at radius 2 is 1.55 bits per heavy atom. The van der Waals surface area contributed by atoms with Crippen LogP contribution in [-0.4, -0.2) is 24.0 Å². The molecule has 0 saturated carbocycles. The van der Waals surface area contributed by atoms with Gasteiger partial charge in [-0.1, -0.05) is 0 Å². The van der Waals surface area contributed by atoms with Crippen molar-refractivity contribution in [2.75, 3.05) is 6.61 Å². The molecule has 2 aromatic carbocycles. The van der Waals surface area contributed by atoms with Crippen LogP contribution in [0.15, 0.2) is 24.3 Å². The van der Waals surface area contributed by atoms with Gasteiger partial charge in [0.15, 0.2) is 17.4 Å². The number of fused-ring (bicyclic) bond motifs is 3. The molecule has 0 radical (unpaired) electrons. The van der Waals surface area contributed by atoms with Gasteiger partial charge >= 0.3 is 7.32 Å². The zero-order chi connectivity index (χ0) is 15.9. The van der Waals surface area contributed by atoms with E-state index < -0.39 is 19.0 Å². The number of benzene rings is 2. The van der Waals surface area contributed by atoms with Gasteiger partial charge < -0.3 is 19.4 Å². The third kappa shape index (κ3) is 2.39. The SMILES string of the molecule is CCOc1ccc2c(sc3c(F)c(OB(O)O)ccc32)c1F. The van der Waals surface area contributed by atoms with Gasteiger partial charge in [-0.3, -0.25) is 0 Å². The third-order valence-corrected chi connectivity index (χ3v) is 4.36. The van der Waals surface area contributed by atoms with Crippen molar-refractivity contribution < 1.29 is 28.2 Å². The van der Waals surface area contributed by atoms with Crippen molar-refractivity contribution in [2.45, 2.75) is 6.92 Å². The van der Waals surface area contributed by atoms with Crippen molar-refractivity contribution in [1.29, 1.82) is 0 Å². The van der Waals surface area contributed by atoms with E-state index in [9.17, 15) is 8.78 Å². The summed E-state index contributed by atoms with van der Waals surface area (Å²) in [5.41, 5.74) is 0. The standard InChI is InChI=1S/C14H11BF2O4S/c1-2-20-9-5-3-7-8-4-6-10(21-15(18)19)12(17)14(8)22-13(7)11(9)16/h3-6,18-19H,2H2,1H3. The Kier molecular flexibility index (Phi) is 3.90. The van der Waals surface area contributed by atoms with Gasteiger partial charge in [0.05, 0.1) is 16.0 Å². The quantitative estimate of drug-likeness (QED) is 0.724. The van der Waals surface area contributed by atoms with Crippen molar-refractivity contribution in [3.63, 3.8) is 0 Å². The number of halogens is 2. The predicted octanol–water partition coefficient (Wildman–Crippen LogP) is 3.08. The van der Waals surface area contributed by atoms with Crippen molar-refractivity contribution in [2.24, 2.45) is 0 Å². The van der Waals surface area contributed by atoms with E-state index in [1.54, 1.807) is 19.1 Å². The number of hydrogen-bond acceptors (Lipinski definition) is 5. The molecule has 114 valence electrons. The third-order valence-electron chi connectivity index (χ3n) is 3.15. The predicted molar refractivity (Wildman–Crippen MR) is 81.2 cm³/mol. The molecule has 4 nitrogen and oxygen atoms in total. The first-order valence-corrected chi connectivity index (χ1v) is 7.33. The van der Waals surface area contributed by atoms with E-state index in [2.05, 4.69) is 4.65 Å². The van der Waals surface area contributed by atoms with Gasteiger partial charge in [-0.2, -0.15) is 0 Å². The normalized spacial score (nSPS) is 11.1. The highest BCUT2D eigenvalue weighted by Gasteiger charge is 2.20. The first-order chi connectivity index (χ1) is 10.5. The number of thiophene rings is 1. The highest BCUT2D eigenvalue weighted by molar-refractivity contribution is 7.25.